The van der Waals surface area contributed by atoms with Crippen molar-refractivity contribution in [3.8, 4) is 0 Å². The maximum Gasteiger partial charge on any atom is 0.183 e. The van der Waals surface area contributed by atoms with Gasteiger partial charge in [0.15, 0.2) is 5.78 Å². The SMILES string of the molecule is O=C(c1c[nH]c2cccnc12)C1CCCCN1. The van der Waals surface area contributed by atoms with Crippen molar-refractivity contribution in [2.75, 3.05) is 6.54 Å². The number of ketones is 1. The highest BCUT2D eigenvalue weighted by Gasteiger charge is 2.24. The Morgan fingerprint density at radius 1 is 1.41 bits per heavy atom. The maximum absolute atomic E-state index is 12.4. The van der Waals surface area contributed by atoms with Crippen molar-refractivity contribution in [3.63, 3.8) is 0 Å². The summed E-state index contributed by atoms with van der Waals surface area (Å²) in [6.07, 6.45) is 6.71. The Morgan fingerprint density at radius 3 is 3.18 bits per heavy atom. The fraction of sp³-hybridized carbons (Fsp3) is 0.385. The number of carbonyl (C=O) groups excluding carboxylic acids is 1. The molecule has 88 valence electrons. The van der Waals surface area contributed by atoms with E-state index in [-0.39, 0.29) is 11.8 Å². The normalized spacial score (nSPS) is 20.6. The van der Waals surface area contributed by atoms with Crippen LogP contribution in [0.3, 0.4) is 0 Å². The minimum atomic E-state index is -0.0373. The largest absolute Gasteiger partial charge is 0.359 e. The van der Waals surface area contributed by atoms with Crippen molar-refractivity contribution in [3.05, 3.63) is 30.1 Å². The molecule has 2 aromatic rings. The topological polar surface area (TPSA) is 57.8 Å². The molecule has 0 saturated carbocycles. The lowest BCUT2D eigenvalue weighted by Crippen LogP contribution is -2.40. The first-order valence-corrected chi connectivity index (χ1v) is 6.06. The van der Waals surface area contributed by atoms with Crippen molar-refractivity contribution in [2.24, 2.45) is 0 Å². The molecule has 0 aliphatic carbocycles. The van der Waals surface area contributed by atoms with Gasteiger partial charge >= 0.3 is 0 Å². The molecule has 0 bridgehead atoms. The fourth-order valence-corrected chi connectivity index (χ4v) is 2.41. The zero-order chi connectivity index (χ0) is 11.7. The Balaban J connectivity index is 1.95. The molecule has 1 saturated heterocycles. The monoisotopic (exact) mass is 229 g/mol. The number of H-pyrrole nitrogens is 1. The Kier molecular flexibility index (Phi) is 2.65. The molecule has 2 N–H and O–H groups in total. The molecule has 3 heterocycles. The van der Waals surface area contributed by atoms with Crippen LogP contribution >= 0.6 is 0 Å². The summed E-state index contributed by atoms with van der Waals surface area (Å²) in [7, 11) is 0. The van der Waals surface area contributed by atoms with Gasteiger partial charge in [0.2, 0.25) is 0 Å². The van der Waals surface area contributed by atoms with Gasteiger partial charge in [-0.2, -0.15) is 0 Å². The molecule has 4 nitrogen and oxygen atoms in total. The predicted molar refractivity (Wildman–Crippen MR) is 66.1 cm³/mol. The number of nitrogens with one attached hydrogen (secondary N) is 2. The van der Waals surface area contributed by atoms with E-state index in [0.717, 1.165) is 36.8 Å². The second-order valence-corrected chi connectivity index (χ2v) is 4.47. The second kappa shape index (κ2) is 4.30. The van der Waals surface area contributed by atoms with Gasteiger partial charge < -0.3 is 10.3 Å². The summed E-state index contributed by atoms with van der Waals surface area (Å²) in [4.78, 5) is 19.7. The van der Waals surface area contributed by atoms with Gasteiger partial charge in [0.1, 0.15) is 0 Å². The Bertz CT molecular complexity index is 540. The number of Topliss-reactive ketones (excluding diaryl/α,β-unsaturated/α-hetero) is 1. The molecule has 1 atom stereocenters. The Hall–Kier alpha value is -1.68. The van der Waals surface area contributed by atoms with Gasteiger partial charge in [-0.3, -0.25) is 9.78 Å². The van der Waals surface area contributed by atoms with Crippen LogP contribution in [0.1, 0.15) is 29.6 Å². The third-order valence-corrected chi connectivity index (χ3v) is 3.33. The van der Waals surface area contributed by atoms with E-state index < -0.39 is 0 Å². The van der Waals surface area contributed by atoms with Gasteiger partial charge in [-0.15, -0.1) is 0 Å². The van der Waals surface area contributed by atoms with Gasteiger partial charge in [-0.05, 0) is 31.5 Å². The van der Waals surface area contributed by atoms with Crippen LogP contribution < -0.4 is 5.32 Å². The van der Waals surface area contributed by atoms with E-state index in [2.05, 4.69) is 15.3 Å². The molecule has 4 heteroatoms. The van der Waals surface area contributed by atoms with Gasteiger partial charge in [0, 0.05) is 12.4 Å². The molecule has 0 amide bonds. The Labute approximate surface area is 99.4 Å². The minimum Gasteiger partial charge on any atom is -0.359 e. The number of carbonyl (C=O) groups is 1. The first-order valence-electron chi connectivity index (χ1n) is 6.06. The van der Waals surface area contributed by atoms with E-state index in [1.807, 2.05) is 12.1 Å². The van der Waals surface area contributed by atoms with Crippen molar-refractivity contribution < 1.29 is 4.79 Å². The molecule has 1 unspecified atom stereocenters. The van der Waals surface area contributed by atoms with Crippen LogP contribution in [-0.4, -0.2) is 28.3 Å². The van der Waals surface area contributed by atoms with Gasteiger partial charge in [-0.1, -0.05) is 6.42 Å². The van der Waals surface area contributed by atoms with E-state index in [0.29, 0.717) is 5.56 Å². The molecule has 1 aliphatic heterocycles. The van der Waals surface area contributed by atoms with Gasteiger partial charge in [0.05, 0.1) is 22.6 Å². The van der Waals surface area contributed by atoms with Crippen molar-refractivity contribution in [2.45, 2.75) is 25.3 Å². The molecular weight excluding hydrogens is 214 g/mol. The fourth-order valence-electron chi connectivity index (χ4n) is 2.41. The number of pyridine rings is 1. The van der Waals surface area contributed by atoms with Crippen molar-refractivity contribution in [1.29, 1.82) is 0 Å². The third-order valence-electron chi connectivity index (χ3n) is 3.33. The van der Waals surface area contributed by atoms with E-state index >= 15 is 0 Å². The average molecular weight is 229 g/mol. The van der Waals surface area contributed by atoms with E-state index in [1.165, 1.54) is 0 Å². The van der Waals surface area contributed by atoms with E-state index in [1.54, 1.807) is 12.4 Å². The average Bonchev–Trinajstić information content (AvgIpc) is 2.83. The van der Waals surface area contributed by atoms with Crippen LogP contribution in [0.2, 0.25) is 0 Å². The molecule has 3 rings (SSSR count). The molecule has 17 heavy (non-hydrogen) atoms. The number of fused-ring (bicyclic) bond motifs is 1. The molecule has 1 fully saturated rings. The number of hydrogen-bond donors (Lipinski definition) is 2. The summed E-state index contributed by atoms with van der Waals surface area (Å²) in [6, 6.07) is 3.77. The van der Waals surface area contributed by atoms with Crippen LogP contribution in [0.25, 0.3) is 11.0 Å². The second-order valence-electron chi connectivity index (χ2n) is 4.47. The molecule has 0 spiro atoms. The zero-order valence-electron chi connectivity index (χ0n) is 9.57. The van der Waals surface area contributed by atoms with Crippen LogP contribution in [0.4, 0.5) is 0 Å². The summed E-state index contributed by atoms with van der Waals surface area (Å²) in [6.45, 7) is 0.937. The molecule has 1 aliphatic rings. The van der Waals surface area contributed by atoms with Crippen molar-refractivity contribution >= 4 is 16.8 Å². The number of aromatic amines is 1. The smallest absolute Gasteiger partial charge is 0.183 e. The lowest BCUT2D eigenvalue weighted by Gasteiger charge is -2.21. The van der Waals surface area contributed by atoms with Gasteiger partial charge in [0.25, 0.3) is 0 Å². The summed E-state index contributed by atoms with van der Waals surface area (Å²) in [5.74, 6) is 0.162. The highest BCUT2D eigenvalue weighted by molar-refractivity contribution is 6.09. The number of hydrogen-bond acceptors (Lipinski definition) is 3. The first kappa shape index (κ1) is 10.5. The van der Waals surface area contributed by atoms with Crippen LogP contribution in [0.5, 0.6) is 0 Å². The summed E-state index contributed by atoms with van der Waals surface area (Å²) < 4.78 is 0. The minimum absolute atomic E-state index is 0.0373. The molecule has 0 aromatic carbocycles. The number of nitrogens with zero attached hydrogens (tertiary/aromatic N) is 1. The van der Waals surface area contributed by atoms with Crippen molar-refractivity contribution in [1.82, 2.24) is 15.3 Å². The quantitative estimate of drug-likeness (QED) is 0.773. The highest BCUT2D eigenvalue weighted by Crippen LogP contribution is 2.19. The standard InChI is InChI=1S/C13H15N3O/c17-13(11-4-1-2-6-14-11)9-8-16-10-5-3-7-15-12(9)10/h3,5,7-8,11,14,16H,1-2,4,6H2. The summed E-state index contributed by atoms with van der Waals surface area (Å²) in [5.41, 5.74) is 2.41. The van der Waals surface area contributed by atoms with E-state index in [4.69, 9.17) is 0 Å². The van der Waals surface area contributed by atoms with Crippen LogP contribution in [-0.2, 0) is 0 Å². The molecule has 0 radical (unpaired) electrons. The summed E-state index contributed by atoms with van der Waals surface area (Å²) >= 11 is 0. The maximum atomic E-state index is 12.4. The number of aromatic nitrogens is 2. The number of rotatable bonds is 2. The lowest BCUT2D eigenvalue weighted by molar-refractivity contribution is 0.0928. The van der Waals surface area contributed by atoms with Crippen LogP contribution in [0, 0.1) is 0 Å². The lowest BCUT2D eigenvalue weighted by atomic mass is 9.97. The van der Waals surface area contributed by atoms with Crippen LogP contribution in [0.15, 0.2) is 24.5 Å². The van der Waals surface area contributed by atoms with Gasteiger partial charge in [-0.25, -0.2) is 0 Å². The Morgan fingerprint density at radius 2 is 2.35 bits per heavy atom. The zero-order valence-corrected chi connectivity index (χ0v) is 9.57. The summed E-state index contributed by atoms with van der Waals surface area (Å²) in [5, 5.41) is 3.28. The highest BCUT2D eigenvalue weighted by atomic mass is 16.1. The molecule has 2 aromatic heterocycles. The predicted octanol–water partition coefficient (Wildman–Crippen LogP) is 1.89. The van der Waals surface area contributed by atoms with E-state index in [9.17, 15) is 4.79 Å². The molecular formula is C13H15N3O. The number of piperidine rings is 1. The first-order chi connectivity index (χ1) is 8.36. The third kappa shape index (κ3) is 1.85.